The standard InChI is InChI=1S/C14H17N3O2S/c1-9-12(20-14(19)17(9)4)13(18)15-10-5-7-11(8-6-10)16(2)3/h5-8H,1-4H3,(H,15,18). The van der Waals surface area contributed by atoms with Gasteiger partial charge in [-0.25, -0.2) is 0 Å². The molecular formula is C14H17N3O2S. The molecule has 0 unspecified atom stereocenters. The SMILES string of the molecule is Cc1c(C(=O)Nc2ccc(N(C)C)cc2)sc(=O)n1C. The summed E-state index contributed by atoms with van der Waals surface area (Å²) in [7, 11) is 5.58. The topological polar surface area (TPSA) is 54.3 Å². The highest BCUT2D eigenvalue weighted by Gasteiger charge is 2.15. The number of nitrogens with zero attached hydrogens (tertiary/aromatic N) is 2. The normalized spacial score (nSPS) is 10.4. The van der Waals surface area contributed by atoms with Crippen molar-refractivity contribution in [1.82, 2.24) is 4.57 Å². The molecule has 1 N–H and O–H groups in total. The fraction of sp³-hybridized carbons (Fsp3) is 0.286. The molecule has 1 aromatic heterocycles. The third-order valence-corrected chi connectivity index (χ3v) is 4.28. The molecule has 0 bridgehead atoms. The highest BCUT2D eigenvalue weighted by molar-refractivity contribution is 7.11. The van der Waals surface area contributed by atoms with Gasteiger partial charge in [0, 0.05) is 38.2 Å². The Hall–Kier alpha value is -2.08. The van der Waals surface area contributed by atoms with Gasteiger partial charge < -0.3 is 14.8 Å². The quantitative estimate of drug-likeness (QED) is 0.942. The summed E-state index contributed by atoms with van der Waals surface area (Å²) in [4.78, 5) is 26.0. The van der Waals surface area contributed by atoms with E-state index in [4.69, 9.17) is 0 Å². The van der Waals surface area contributed by atoms with Crippen molar-refractivity contribution in [2.75, 3.05) is 24.3 Å². The number of hydrogen-bond donors (Lipinski definition) is 1. The molecule has 0 fully saturated rings. The number of amides is 1. The summed E-state index contributed by atoms with van der Waals surface area (Å²) in [6.45, 7) is 1.77. The van der Waals surface area contributed by atoms with Crippen molar-refractivity contribution < 1.29 is 4.79 Å². The third kappa shape index (κ3) is 2.75. The summed E-state index contributed by atoms with van der Waals surface area (Å²) in [6.07, 6.45) is 0. The minimum absolute atomic E-state index is 0.129. The zero-order chi connectivity index (χ0) is 14.9. The maximum Gasteiger partial charge on any atom is 0.307 e. The third-order valence-electron chi connectivity index (χ3n) is 3.14. The second-order valence-corrected chi connectivity index (χ2v) is 5.70. The summed E-state index contributed by atoms with van der Waals surface area (Å²) in [5, 5.41) is 2.81. The molecule has 2 rings (SSSR count). The van der Waals surface area contributed by atoms with Crippen LogP contribution in [0.15, 0.2) is 29.1 Å². The van der Waals surface area contributed by atoms with E-state index in [1.807, 2.05) is 43.3 Å². The fourth-order valence-electron chi connectivity index (χ4n) is 1.76. The highest BCUT2D eigenvalue weighted by atomic mass is 32.1. The average Bonchev–Trinajstić information content (AvgIpc) is 2.67. The summed E-state index contributed by atoms with van der Waals surface area (Å²) in [5.74, 6) is -0.247. The van der Waals surface area contributed by atoms with E-state index < -0.39 is 0 Å². The van der Waals surface area contributed by atoms with Crippen molar-refractivity contribution >= 4 is 28.6 Å². The largest absolute Gasteiger partial charge is 0.378 e. The van der Waals surface area contributed by atoms with Crippen LogP contribution in [0.1, 0.15) is 15.4 Å². The van der Waals surface area contributed by atoms with Crippen molar-refractivity contribution in [1.29, 1.82) is 0 Å². The van der Waals surface area contributed by atoms with E-state index in [0.29, 0.717) is 16.3 Å². The minimum Gasteiger partial charge on any atom is -0.378 e. The number of carbonyl (C=O) groups excluding carboxylic acids is 1. The van der Waals surface area contributed by atoms with E-state index in [2.05, 4.69) is 5.32 Å². The molecular weight excluding hydrogens is 274 g/mol. The number of nitrogens with one attached hydrogen (secondary N) is 1. The van der Waals surface area contributed by atoms with Gasteiger partial charge in [-0.3, -0.25) is 9.59 Å². The Morgan fingerprint density at radius 2 is 1.85 bits per heavy atom. The molecule has 1 aromatic carbocycles. The summed E-state index contributed by atoms with van der Waals surface area (Å²) in [6, 6.07) is 7.54. The van der Waals surface area contributed by atoms with Gasteiger partial charge in [0.2, 0.25) is 0 Å². The molecule has 0 saturated carbocycles. The maximum absolute atomic E-state index is 12.2. The van der Waals surface area contributed by atoms with E-state index >= 15 is 0 Å². The zero-order valence-electron chi connectivity index (χ0n) is 11.9. The predicted molar refractivity (Wildman–Crippen MR) is 83.0 cm³/mol. The number of hydrogen-bond acceptors (Lipinski definition) is 4. The number of anilines is 2. The maximum atomic E-state index is 12.2. The van der Waals surface area contributed by atoms with Crippen LogP contribution in [0.5, 0.6) is 0 Å². The van der Waals surface area contributed by atoms with E-state index in [1.54, 1.807) is 14.0 Å². The Balaban J connectivity index is 2.19. The van der Waals surface area contributed by atoms with Crippen LogP contribution in [0, 0.1) is 6.92 Å². The average molecular weight is 291 g/mol. The first-order chi connectivity index (χ1) is 9.40. The lowest BCUT2D eigenvalue weighted by molar-refractivity contribution is 0.102. The molecule has 106 valence electrons. The lowest BCUT2D eigenvalue weighted by Gasteiger charge is -2.12. The van der Waals surface area contributed by atoms with Gasteiger partial charge in [-0.15, -0.1) is 0 Å². The molecule has 6 heteroatoms. The lowest BCUT2D eigenvalue weighted by atomic mass is 10.2. The highest BCUT2D eigenvalue weighted by Crippen LogP contribution is 2.18. The Kier molecular flexibility index (Phi) is 3.94. The Bertz CT molecular complexity index is 683. The Morgan fingerprint density at radius 3 is 2.30 bits per heavy atom. The van der Waals surface area contributed by atoms with E-state index in [-0.39, 0.29) is 10.8 Å². The molecule has 0 aliphatic rings. The summed E-state index contributed by atoms with van der Waals surface area (Å²) in [5.41, 5.74) is 2.45. The Labute approximate surface area is 121 Å². The van der Waals surface area contributed by atoms with Gasteiger partial charge in [-0.05, 0) is 31.2 Å². The lowest BCUT2D eigenvalue weighted by Crippen LogP contribution is -2.13. The zero-order valence-corrected chi connectivity index (χ0v) is 12.7. The number of carbonyl (C=O) groups is 1. The number of thiazole rings is 1. The molecule has 1 heterocycles. The van der Waals surface area contributed by atoms with Crippen LogP contribution in [-0.4, -0.2) is 24.6 Å². The first kappa shape index (κ1) is 14.3. The van der Waals surface area contributed by atoms with Crippen molar-refractivity contribution in [3.63, 3.8) is 0 Å². The van der Waals surface area contributed by atoms with Gasteiger partial charge in [0.25, 0.3) is 5.91 Å². The van der Waals surface area contributed by atoms with E-state index in [0.717, 1.165) is 17.0 Å². The number of rotatable bonds is 3. The van der Waals surface area contributed by atoms with Crippen LogP contribution in [0.2, 0.25) is 0 Å². The van der Waals surface area contributed by atoms with Crippen LogP contribution in [0.25, 0.3) is 0 Å². The molecule has 0 atom stereocenters. The van der Waals surface area contributed by atoms with Crippen molar-refractivity contribution in [3.8, 4) is 0 Å². The van der Waals surface area contributed by atoms with Crippen molar-refractivity contribution in [2.24, 2.45) is 7.05 Å². The second kappa shape index (κ2) is 5.50. The summed E-state index contributed by atoms with van der Waals surface area (Å²) >= 11 is 0.964. The molecule has 0 radical (unpaired) electrons. The van der Waals surface area contributed by atoms with Crippen LogP contribution in [-0.2, 0) is 7.05 Å². The smallest absolute Gasteiger partial charge is 0.307 e. The number of benzene rings is 1. The second-order valence-electron chi connectivity index (χ2n) is 4.74. The van der Waals surface area contributed by atoms with Crippen LogP contribution >= 0.6 is 11.3 Å². The molecule has 1 amide bonds. The molecule has 0 aliphatic carbocycles. The molecule has 5 nitrogen and oxygen atoms in total. The molecule has 20 heavy (non-hydrogen) atoms. The minimum atomic E-state index is -0.247. The molecule has 0 aliphatic heterocycles. The fourth-order valence-corrected chi connectivity index (χ4v) is 2.64. The van der Waals surface area contributed by atoms with E-state index in [9.17, 15) is 9.59 Å². The van der Waals surface area contributed by atoms with Gasteiger partial charge in [0.1, 0.15) is 4.88 Å². The van der Waals surface area contributed by atoms with Crippen LogP contribution in [0.3, 0.4) is 0 Å². The predicted octanol–water partition coefficient (Wildman–Crippen LogP) is 2.07. The van der Waals surface area contributed by atoms with Gasteiger partial charge in [-0.2, -0.15) is 0 Å². The van der Waals surface area contributed by atoms with Crippen LogP contribution < -0.4 is 15.1 Å². The van der Waals surface area contributed by atoms with E-state index in [1.165, 1.54) is 4.57 Å². The van der Waals surface area contributed by atoms with Gasteiger partial charge in [0.05, 0.1) is 0 Å². The molecule has 2 aromatic rings. The first-order valence-corrected chi connectivity index (χ1v) is 6.97. The summed E-state index contributed by atoms with van der Waals surface area (Å²) < 4.78 is 1.48. The molecule has 0 spiro atoms. The number of aromatic nitrogens is 1. The Morgan fingerprint density at radius 1 is 1.25 bits per heavy atom. The monoisotopic (exact) mass is 291 g/mol. The van der Waals surface area contributed by atoms with Gasteiger partial charge in [0.15, 0.2) is 0 Å². The van der Waals surface area contributed by atoms with Crippen LogP contribution in [0.4, 0.5) is 11.4 Å². The van der Waals surface area contributed by atoms with Crippen molar-refractivity contribution in [3.05, 3.63) is 44.5 Å². The van der Waals surface area contributed by atoms with Gasteiger partial charge in [-0.1, -0.05) is 11.3 Å². The first-order valence-electron chi connectivity index (χ1n) is 6.15. The van der Waals surface area contributed by atoms with Gasteiger partial charge >= 0.3 is 4.87 Å². The van der Waals surface area contributed by atoms with Crippen molar-refractivity contribution in [2.45, 2.75) is 6.92 Å². The molecule has 0 saturated heterocycles.